The minimum atomic E-state index is -0.647. The lowest BCUT2D eigenvalue weighted by Gasteiger charge is -2.25. The van der Waals surface area contributed by atoms with Crippen LogP contribution >= 0.6 is 0 Å². The van der Waals surface area contributed by atoms with Crippen LogP contribution in [0.3, 0.4) is 0 Å². The monoisotopic (exact) mass is 407 g/mol. The third kappa shape index (κ3) is 3.75. The maximum atomic E-state index is 13.4. The highest BCUT2D eigenvalue weighted by molar-refractivity contribution is 6.11. The molecular weight excluding hydrogens is 392 g/mol. The summed E-state index contributed by atoms with van der Waals surface area (Å²) in [5, 5.41) is 14.1. The average Bonchev–Trinajstić information content (AvgIpc) is 3.06. The van der Waals surface area contributed by atoms with Gasteiger partial charge in [-0.15, -0.1) is 0 Å². The molecule has 0 aromatic heterocycles. The Morgan fingerprint density at radius 3 is 2.20 bits per heavy atom. The number of hydrogen-bond acceptors (Lipinski definition) is 4. The van der Waals surface area contributed by atoms with Crippen molar-refractivity contribution in [3.8, 4) is 0 Å². The molecule has 0 bridgehead atoms. The van der Waals surface area contributed by atoms with Crippen LogP contribution < -0.4 is 10.2 Å². The molecular formula is C22H15F2N3O3. The second-order valence-electron chi connectivity index (χ2n) is 6.66. The molecule has 1 aliphatic rings. The fraction of sp³-hybridized carbons (Fsp3) is 0.0455. The number of nitrogens with one attached hydrogen (secondary N) is 1. The van der Waals surface area contributed by atoms with Crippen LogP contribution in [0.1, 0.15) is 11.6 Å². The lowest BCUT2D eigenvalue weighted by atomic mass is 10.1. The number of rotatable bonds is 5. The topological polar surface area (TPSA) is 75.5 Å². The summed E-state index contributed by atoms with van der Waals surface area (Å²) in [6.07, 6.45) is 1.63. The van der Waals surface area contributed by atoms with Crippen LogP contribution in [0.15, 0.2) is 84.6 Å². The van der Waals surface area contributed by atoms with E-state index < -0.39 is 28.5 Å². The van der Waals surface area contributed by atoms with Crippen molar-refractivity contribution in [3.63, 3.8) is 0 Å². The van der Waals surface area contributed by atoms with Gasteiger partial charge in [0.15, 0.2) is 0 Å². The first-order chi connectivity index (χ1) is 14.4. The first kappa shape index (κ1) is 19.3. The fourth-order valence-electron chi connectivity index (χ4n) is 3.29. The van der Waals surface area contributed by atoms with Crippen molar-refractivity contribution in [2.45, 2.75) is 6.04 Å². The Balaban J connectivity index is 1.75. The van der Waals surface area contributed by atoms with Gasteiger partial charge in [0.2, 0.25) is 0 Å². The molecule has 3 aromatic rings. The van der Waals surface area contributed by atoms with Gasteiger partial charge in [0, 0.05) is 23.5 Å². The Morgan fingerprint density at radius 1 is 0.933 bits per heavy atom. The number of halogens is 2. The summed E-state index contributed by atoms with van der Waals surface area (Å²) in [5.41, 5.74) is 1.59. The van der Waals surface area contributed by atoms with Crippen molar-refractivity contribution >= 4 is 23.0 Å². The van der Waals surface area contributed by atoms with E-state index in [1.54, 1.807) is 18.2 Å². The molecule has 30 heavy (non-hydrogen) atoms. The van der Waals surface area contributed by atoms with Crippen LogP contribution in [-0.4, -0.2) is 10.8 Å². The Labute approximate surface area is 170 Å². The number of nitrogens with zero attached hydrogens (tertiary/aromatic N) is 2. The molecule has 0 unspecified atom stereocenters. The van der Waals surface area contributed by atoms with E-state index in [2.05, 4.69) is 5.32 Å². The summed E-state index contributed by atoms with van der Waals surface area (Å²) in [6.45, 7) is 0. The van der Waals surface area contributed by atoms with E-state index in [9.17, 15) is 23.7 Å². The van der Waals surface area contributed by atoms with Gasteiger partial charge in [-0.1, -0.05) is 12.1 Å². The van der Waals surface area contributed by atoms with Crippen molar-refractivity contribution in [2.75, 3.05) is 10.2 Å². The van der Waals surface area contributed by atoms with Crippen LogP contribution in [-0.2, 0) is 4.79 Å². The van der Waals surface area contributed by atoms with Gasteiger partial charge in [0.05, 0.1) is 11.0 Å². The lowest BCUT2D eigenvalue weighted by molar-refractivity contribution is -0.384. The lowest BCUT2D eigenvalue weighted by Crippen LogP contribution is -2.30. The highest BCUT2D eigenvalue weighted by atomic mass is 19.1. The van der Waals surface area contributed by atoms with Crippen molar-refractivity contribution in [1.29, 1.82) is 0 Å². The summed E-state index contributed by atoms with van der Waals surface area (Å²) in [6, 6.07) is 16.2. The molecule has 1 amide bonds. The third-order valence-electron chi connectivity index (χ3n) is 4.70. The molecule has 150 valence electrons. The number of hydrogen-bond donors (Lipinski definition) is 1. The first-order valence-corrected chi connectivity index (χ1v) is 9.00. The van der Waals surface area contributed by atoms with Crippen molar-refractivity contribution in [3.05, 3.63) is 112 Å². The van der Waals surface area contributed by atoms with Crippen LogP contribution in [0.5, 0.6) is 0 Å². The first-order valence-electron chi connectivity index (χ1n) is 9.00. The molecule has 0 aliphatic carbocycles. The molecule has 6 nitrogen and oxygen atoms in total. The molecule has 0 spiro atoms. The highest BCUT2D eigenvalue weighted by Gasteiger charge is 2.35. The molecule has 0 saturated heterocycles. The zero-order valence-electron chi connectivity index (χ0n) is 15.5. The second-order valence-corrected chi connectivity index (χ2v) is 6.66. The number of nitro groups is 1. The molecule has 0 radical (unpaired) electrons. The maximum absolute atomic E-state index is 13.4. The molecule has 1 aliphatic heterocycles. The SMILES string of the molecule is O=C1C(Nc2ccc(F)cc2)=C[C@H](c2cccc([N+](=O)[O-])c2)N1c1ccc(F)cc1. The predicted molar refractivity (Wildman–Crippen MR) is 108 cm³/mol. The molecule has 1 atom stereocenters. The molecule has 3 aromatic carbocycles. The van der Waals surface area contributed by atoms with Gasteiger partial charge in [0.1, 0.15) is 17.3 Å². The smallest absolute Gasteiger partial charge is 0.275 e. The van der Waals surface area contributed by atoms with Gasteiger partial charge in [-0.3, -0.25) is 19.8 Å². The zero-order chi connectivity index (χ0) is 21.3. The number of amides is 1. The van der Waals surface area contributed by atoms with E-state index in [0.29, 0.717) is 16.9 Å². The number of nitro benzene ring substituents is 1. The number of anilines is 2. The summed E-state index contributed by atoms with van der Waals surface area (Å²) < 4.78 is 26.6. The van der Waals surface area contributed by atoms with Gasteiger partial charge in [-0.25, -0.2) is 8.78 Å². The van der Waals surface area contributed by atoms with Crippen LogP contribution in [0, 0.1) is 21.7 Å². The van der Waals surface area contributed by atoms with Crippen LogP contribution in [0.2, 0.25) is 0 Å². The molecule has 0 saturated carbocycles. The molecule has 8 heteroatoms. The van der Waals surface area contributed by atoms with Crippen molar-refractivity contribution in [2.24, 2.45) is 0 Å². The third-order valence-corrected chi connectivity index (χ3v) is 4.70. The summed E-state index contributed by atoms with van der Waals surface area (Å²) in [7, 11) is 0. The van der Waals surface area contributed by atoms with E-state index in [1.165, 1.54) is 65.6 Å². The van der Waals surface area contributed by atoms with E-state index in [1.807, 2.05) is 0 Å². The minimum Gasteiger partial charge on any atom is -0.351 e. The van der Waals surface area contributed by atoms with Gasteiger partial charge in [0.25, 0.3) is 11.6 Å². The Morgan fingerprint density at radius 2 is 1.57 bits per heavy atom. The maximum Gasteiger partial charge on any atom is 0.275 e. The number of carbonyl (C=O) groups excluding carboxylic acids is 1. The fourth-order valence-corrected chi connectivity index (χ4v) is 3.29. The molecule has 1 N–H and O–H groups in total. The van der Waals surface area contributed by atoms with Gasteiger partial charge >= 0.3 is 0 Å². The quantitative estimate of drug-likeness (QED) is 0.479. The highest BCUT2D eigenvalue weighted by Crippen LogP contribution is 2.37. The summed E-state index contributed by atoms with van der Waals surface area (Å²) in [4.78, 5) is 25.2. The van der Waals surface area contributed by atoms with Gasteiger partial charge < -0.3 is 5.32 Å². The largest absolute Gasteiger partial charge is 0.351 e. The predicted octanol–water partition coefficient (Wildman–Crippen LogP) is 4.96. The minimum absolute atomic E-state index is 0.104. The van der Waals surface area contributed by atoms with E-state index in [-0.39, 0.29) is 11.4 Å². The number of non-ortho nitro benzene ring substituents is 1. The molecule has 4 rings (SSSR count). The van der Waals surface area contributed by atoms with Gasteiger partial charge in [-0.2, -0.15) is 0 Å². The van der Waals surface area contributed by atoms with Crippen molar-refractivity contribution in [1.82, 2.24) is 0 Å². The summed E-state index contributed by atoms with van der Waals surface area (Å²) >= 11 is 0. The normalized spacial score (nSPS) is 15.8. The Bertz CT molecular complexity index is 1150. The van der Waals surface area contributed by atoms with Gasteiger partial charge in [-0.05, 0) is 60.2 Å². The zero-order valence-corrected chi connectivity index (χ0v) is 15.5. The Kier molecular flexibility index (Phi) is 4.97. The van der Waals surface area contributed by atoms with Crippen LogP contribution in [0.4, 0.5) is 25.8 Å². The number of carbonyl (C=O) groups is 1. The van der Waals surface area contributed by atoms with Crippen LogP contribution in [0.25, 0.3) is 0 Å². The van der Waals surface area contributed by atoms with E-state index >= 15 is 0 Å². The molecule has 1 heterocycles. The van der Waals surface area contributed by atoms with E-state index in [0.717, 1.165) is 0 Å². The molecule has 0 fully saturated rings. The van der Waals surface area contributed by atoms with E-state index in [4.69, 9.17) is 0 Å². The standard InChI is InChI=1S/C22H15F2N3O3/c23-15-4-8-17(9-5-15)25-20-13-21(14-2-1-3-19(12-14)27(29)30)26(22(20)28)18-10-6-16(24)7-11-18/h1-13,21,25H/t21-/m1/s1. The Hall–Kier alpha value is -4.07. The average molecular weight is 407 g/mol. The summed E-state index contributed by atoms with van der Waals surface area (Å²) in [5.74, 6) is -1.26. The van der Waals surface area contributed by atoms with Crippen molar-refractivity contribution < 1.29 is 18.5 Å². The second kappa shape index (κ2) is 7.75. The number of benzene rings is 3.